The Morgan fingerprint density at radius 2 is 1.94 bits per heavy atom. The fourth-order valence-electron chi connectivity index (χ4n) is 1.91. The molecule has 0 aliphatic carbocycles. The molecule has 1 heterocycles. The fourth-order valence-corrected chi connectivity index (χ4v) is 1.91. The van der Waals surface area contributed by atoms with Crippen molar-refractivity contribution in [2.45, 2.75) is 32.9 Å². The van der Waals surface area contributed by atoms with Crippen LogP contribution in [0.4, 0.5) is 24.7 Å². The maximum Gasteiger partial charge on any atom is 0.405 e. The summed E-state index contributed by atoms with van der Waals surface area (Å²) in [5, 5.41) is 4.19. The number of nitrogens with zero attached hydrogens (tertiary/aromatic N) is 3. The zero-order chi connectivity index (χ0) is 14.1. The second-order valence-electron chi connectivity index (χ2n) is 4.53. The Hall–Kier alpha value is -1.40. The first-order valence-electron chi connectivity index (χ1n) is 5.81. The first-order chi connectivity index (χ1) is 8.17. The predicted molar refractivity (Wildman–Crippen MR) is 65.7 cm³/mol. The molecule has 4 nitrogen and oxygen atoms in total. The average molecular weight is 264 g/mol. The molecule has 0 aromatic carbocycles. The van der Waals surface area contributed by atoms with Crippen LogP contribution in [-0.2, 0) is 7.05 Å². The van der Waals surface area contributed by atoms with Crippen molar-refractivity contribution in [3.8, 4) is 0 Å². The van der Waals surface area contributed by atoms with E-state index in [1.807, 2.05) is 13.8 Å². The molecule has 2 N–H and O–H groups in total. The number of hydrogen-bond acceptors (Lipinski definition) is 3. The van der Waals surface area contributed by atoms with Crippen molar-refractivity contribution in [2.75, 3.05) is 23.7 Å². The van der Waals surface area contributed by atoms with Crippen LogP contribution in [0.3, 0.4) is 0 Å². The van der Waals surface area contributed by atoms with Gasteiger partial charge in [-0.3, -0.25) is 4.68 Å². The van der Waals surface area contributed by atoms with E-state index in [-0.39, 0.29) is 12.5 Å². The second kappa shape index (κ2) is 5.07. The minimum atomic E-state index is -4.26. The Morgan fingerprint density at radius 3 is 2.28 bits per heavy atom. The molecule has 7 heteroatoms. The van der Waals surface area contributed by atoms with Crippen molar-refractivity contribution in [3.05, 3.63) is 5.69 Å². The molecule has 1 rings (SSSR count). The van der Waals surface area contributed by atoms with Gasteiger partial charge in [0.25, 0.3) is 0 Å². The first kappa shape index (κ1) is 14.7. The summed E-state index contributed by atoms with van der Waals surface area (Å²) >= 11 is 0. The molecule has 0 aliphatic rings. The van der Waals surface area contributed by atoms with Crippen molar-refractivity contribution in [1.82, 2.24) is 9.78 Å². The van der Waals surface area contributed by atoms with Gasteiger partial charge in [-0.25, -0.2) is 0 Å². The zero-order valence-corrected chi connectivity index (χ0v) is 11.0. The molecule has 0 fully saturated rings. The highest BCUT2D eigenvalue weighted by Crippen LogP contribution is 2.32. The van der Waals surface area contributed by atoms with Crippen LogP contribution in [0.2, 0.25) is 0 Å². The Balaban J connectivity index is 3.14. The number of rotatable bonds is 4. The van der Waals surface area contributed by atoms with Crippen molar-refractivity contribution < 1.29 is 13.2 Å². The molecule has 0 unspecified atom stereocenters. The third-order valence-corrected chi connectivity index (χ3v) is 2.68. The molecule has 104 valence electrons. The summed E-state index contributed by atoms with van der Waals surface area (Å²) in [7, 11) is 1.61. The minimum absolute atomic E-state index is 0.0783. The van der Waals surface area contributed by atoms with Crippen LogP contribution in [0.5, 0.6) is 0 Å². The highest BCUT2D eigenvalue weighted by molar-refractivity contribution is 5.67. The van der Waals surface area contributed by atoms with E-state index in [4.69, 9.17) is 5.73 Å². The Labute approximate surface area is 105 Å². The largest absolute Gasteiger partial charge is 0.405 e. The average Bonchev–Trinajstić information content (AvgIpc) is 2.50. The van der Waals surface area contributed by atoms with E-state index in [9.17, 15) is 13.2 Å². The maximum atomic E-state index is 12.5. The number of hydrogen-bond donors (Lipinski definition) is 1. The topological polar surface area (TPSA) is 47.1 Å². The maximum absolute atomic E-state index is 12.5. The molecule has 0 aliphatic heterocycles. The number of alkyl halides is 3. The first-order valence-corrected chi connectivity index (χ1v) is 5.81. The van der Waals surface area contributed by atoms with Gasteiger partial charge in [0, 0.05) is 13.6 Å². The fraction of sp³-hybridized carbons (Fsp3) is 0.727. The van der Waals surface area contributed by atoms with Crippen molar-refractivity contribution in [1.29, 1.82) is 0 Å². The third kappa shape index (κ3) is 3.08. The Bertz CT molecular complexity index is 409. The summed E-state index contributed by atoms with van der Waals surface area (Å²) in [5.74, 6) is 0.410. The molecular weight excluding hydrogens is 245 g/mol. The molecule has 0 saturated carbocycles. The lowest BCUT2D eigenvalue weighted by molar-refractivity contribution is -0.119. The Kier molecular flexibility index (Phi) is 4.13. The number of aryl methyl sites for hydroxylation is 1. The van der Waals surface area contributed by atoms with E-state index in [1.165, 1.54) is 9.58 Å². The van der Waals surface area contributed by atoms with Crippen LogP contribution in [0.15, 0.2) is 0 Å². The smallest absolute Gasteiger partial charge is 0.394 e. The molecule has 18 heavy (non-hydrogen) atoms. The van der Waals surface area contributed by atoms with Gasteiger partial charge in [0.15, 0.2) is 5.82 Å². The summed E-state index contributed by atoms with van der Waals surface area (Å²) in [6.45, 7) is 4.67. The standard InChI is InChI=1S/C11H19F3N4/c1-5-18(6-11(12,13)14)10-8(15)9(7(2)3)16-17(10)4/h7H,5-6,15H2,1-4H3. The van der Waals surface area contributed by atoms with Crippen LogP contribution in [0, 0.1) is 0 Å². The molecular formula is C11H19F3N4. The van der Waals surface area contributed by atoms with Crippen molar-refractivity contribution in [3.63, 3.8) is 0 Å². The van der Waals surface area contributed by atoms with Gasteiger partial charge in [-0.1, -0.05) is 13.8 Å². The molecule has 0 atom stereocenters. The van der Waals surface area contributed by atoms with Gasteiger partial charge in [0.05, 0.1) is 11.4 Å². The van der Waals surface area contributed by atoms with Crippen LogP contribution < -0.4 is 10.6 Å². The summed E-state index contributed by atoms with van der Waals surface area (Å²) in [6.07, 6.45) is -4.26. The van der Waals surface area contributed by atoms with Gasteiger partial charge < -0.3 is 10.6 Å². The Morgan fingerprint density at radius 1 is 1.39 bits per heavy atom. The van der Waals surface area contributed by atoms with Crippen molar-refractivity contribution in [2.24, 2.45) is 7.05 Å². The van der Waals surface area contributed by atoms with Gasteiger partial charge in [-0.2, -0.15) is 18.3 Å². The SMILES string of the molecule is CCN(CC(F)(F)F)c1c(N)c(C(C)C)nn1C. The second-order valence-corrected chi connectivity index (χ2v) is 4.53. The van der Waals surface area contributed by atoms with E-state index in [2.05, 4.69) is 5.10 Å². The van der Waals surface area contributed by atoms with E-state index in [0.717, 1.165) is 0 Å². The molecule has 0 bridgehead atoms. The quantitative estimate of drug-likeness (QED) is 0.909. The molecule has 1 aromatic rings. The van der Waals surface area contributed by atoms with Gasteiger partial charge >= 0.3 is 6.18 Å². The molecule has 0 spiro atoms. The van der Waals surface area contributed by atoms with Crippen molar-refractivity contribution >= 4 is 11.5 Å². The van der Waals surface area contributed by atoms with Crippen LogP contribution in [0.25, 0.3) is 0 Å². The molecule has 1 aromatic heterocycles. The van der Waals surface area contributed by atoms with E-state index in [1.54, 1.807) is 14.0 Å². The molecule has 0 saturated heterocycles. The van der Waals surface area contributed by atoms with Gasteiger partial charge in [-0.05, 0) is 12.8 Å². The van der Waals surface area contributed by atoms with Crippen LogP contribution in [-0.4, -0.2) is 29.0 Å². The number of halogens is 3. The van der Waals surface area contributed by atoms with Crippen LogP contribution in [0.1, 0.15) is 32.4 Å². The number of nitrogens with two attached hydrogens (primary N) is 1. The van der Waals surface area contributed by atoms with E-state index >= 15 is 0 Å². The monoisotopic (exact) mass is 264 g/mol. The summed E-state index contributed by atoms with van der Waals surface area (Å²) in [5.41, 5.74) is 6.87. The summed E-state index contributed by atoms with van der Waals surface area (Å²) < 4.78 is 38.9. The minimum Gasteiger partial charge on any atom is -0.394 e. The lowest BCUT2D eigenvalue weighted by Gasteiger charge is -2.24. The van der Waals surface area contributed by atoms with Crippen LogP contribution >= 0.6 is 0 Å². The van der Waals surface area contributed by atoms with E-state index in [0.29, 0.717) is 17.2 Å². The highest BCUT2D eigenvalue weighted by Gasteiger charge is 2.32. The number of anilines is 2. The lowest BCUT2D eigenvalue weighted by atomic mass is 10.1. The van der Waals surface area contributed by atoms with Gasteiger partial charge in [-0.15, -0.1) is 0 Å². The van der Waals surface area contributed by atoms with Gasteiger partial charge in [0.1, 0.15) is 6.54 Å². The van der Waals surface area contributed by atoms with E-state index < -0.39 is 12.7 Å². The number of aromatic nitrogens is 2. The zero-order valence-electron chi connectivity index (χ0n) is 11.0. The lowest BCUT2D eigenvalue weighted by Crippen LogP contribution is -2.35. The molecule has 0 amide bonds. The van der Waals surface area contributed by atoms with Gasteiger partial charge in [0.2, 0.25) is 0 Å². The third-order valence-electron chi connectivity index (χ3n) is 2.68. The predicted octanol–water partition coefficient (Wildman–Crippen LogP) is 2.51. The number of nitrogen functional groups attached to an aromatic ring is 1. The molecule has 0 radical (unpaired) electrons. The normalized spacial score (nSPS) is 12.2. The highest BCUT2D eigenvalue weighted by atomic mass is 19.4. The summed E-state index contributed by atoms with van der Waals surface area (Å²) in [4.78, 5) is 1.19. The summed E-state index contributed by atoms with van der Waals surface area (Å²) in [6, 6.07) is 0.